The molecule has 2 heterocycles. The number of rotatable bonds is 4. The van der Waals surface area contributed by atoms with E-state index < -0.39 is 0 Å². The Bertz CT molecular complexity index is 501. The predicted molar refractivity (Wildman–Crippen MR) is 85.6 cm³/mol. The van der Waals surface area contributed by atoms with Crippen molar-refractivity contribution in [3.05, 3.63) is 23.9 Å². The van der Waals surface area contributed by atoms with Crippen molar-refractivity contribution in [3.63, 3.8) is 0 Å². The molecule has 116 valence electrons. The van der Waals surface area contributed by atoms with Gasteiger partial charge in [0, 0.05) is 37.9 Å². The van der Waals surface area contributed by atoms with E-state index >= 15 is 0 Å². The number of carbonyl (C=O) groups is 1. The molecule has 1 aromatic heterocycles. The number of hydrogen-bond donors (Lipinski definition) is 1. The van der Waals surface area contributed by atoms with E-state index in [0.717, 1.165) is 32.6 Å². The van der Waals surface area contributed by atoms with Gasteiger partial charge in [0.25, 0.3) is 5.91 Å². The average molecular weight is 290 g/mol. The Kier molecular flexibility index (Phi) is 4.83. The van der Waals surface area contributed by atoms with Gasteiger partial charge in [-0.1, -0.05) is 6.92 Å². The first-order valence-corrected chi connectivity index (χ1v) is 7.65. The van der Waals surface area contributed by atoms with E-state index in [9.17, 15) is 4.79 Å². The van der Waals surface area contributed by atoms with Gasteiger partial charge in [0.15, 0.2) is 0 Å². The second kappa shape index (κ2) is 6.43. The van der Waals surface area contributed by atoms with Crippen molar-refractivity contribution >= 4 is 11.7 Å². The molecule has 0 saturated carbocycles. The van der Waals surface area contributed by atoms with Crippen LogP contribution in [0, 0.1) is 0 Å². The van der Waals surface area contributed by atoms with Gasteiger partial charge in [-0.3, -0.25) is 9.69 Å². The fourth-order valence-corrected chi connectivity index (χ4v) is 2.55. The molecule has 1 aromatic rings. The largest absolute Gasteiger partial charge is 0.369 e. The van der Waals surface area contributed by atoms with Crippen molar-refractivity contribution in [1.82, 2.24) is 14.8 Å². The SMILES string of the molecule is CCCNc1ncccc1C(=O)N1CCN(C)C(C)(C)C1. The Morgan fingerprint density at radius 3 is 2.86 bits per heavy atom. The molecule has 1 aliphatic rings. The van der Waals surface area contributed by atoms with Gasteiger partial charge in [-0.15, -0.1) is 0 Å². The average Bonchev–Trinajstić information content (AvgIpc) is 2.47. The maximum atomic E-state index is 12.8. The summed E-state index contributed by atoms with van der Waals surface area (Å²) in [5.74, 6) is 0.768. The Morgan fingerprint density at radius 2 is 2.19 bits per heavy atom. The van der Waals surface area contributed by atoms with Crippen LogP contribution in [0.4, 0.5) is 5.82 Å². The van der Waals surface area contributed by atoms with E-state index in [0.29, 0.717) is 11.4 Å². The third kappa shape index (κ3) is 3.53. The molecular weight excluding hydrogens is 264 g/mol. The van der Waals surface area contributed by atoms with Crippen LogP contribution in [0.3, 0.4) is 0 Å². The summed E-state index contributed by atoms with van der Waals surface area (Å²) in [6.45, 7) is 9.67. The molecule has 1 fully saturated rings. The van der Waals surface area contributed by atoms with Crippen molar-refractivity contribution < 1.29 is 4.79 Å². The Balaban J connectivity index is 2.17. The van der Waals surface area contributed by atoms with Gasteiger partial charge in [-0.25, -0.2) is 4.98 Å². The van der Waals surface area contributed by atoms with E-state index in [4.69, 9.17) is 0 Å². The lowest BCUT2D eigenvalue weighted by atomic mass is 9.99. The summed E-state index contributed by atoms with van der Waals surface area (Å²) in [5.41, 5.74) is 0.680. The van der Waals surface area contributed by atoms with Gasteiger partial charge in [-0.05, 0) is 39.4 Å². The second-order valence-corrected chi connectivity index (χ2v) is 6.29. The highest BCUT2D eigenvalue weighted by Gasteiger charge is 2.34. The molecule has 0 aromatic carbocycles. The van der Waals surface area contributed by atoms with Gasteiger partial charge in [0.1, 0.15) is 5.82 Å². The summed E-state index contributed by atoms with van der Waals surface area (Å²) in [5, 5.41) is 3.24. The zero-order chi connectivity index (χ0) is 15.5. The lowest BCUT2D eigenvalue weighted by Crippen LogP contribution is -2.58. The maximum Gasteiger partial charge on any atom is 0.257 e. The van der Waals surface area contributed by atoms with Gasteiger partial charge in [-0.2, -0.15) is 0 Å². The number of piperazine rings is 1. The highest BCUT2D eigenvalue weighted by atomic mass is 16.2. The number of nitrogens with zero attached hydrogens (tertiary/aromatic N) is 3. The highest BCUT2D eigenvalue weighted by molar-refractivity contribution is 5.98. The molecule has 0 bridgehead atoms. The highest BCUT2D eigenvalue weighted by Crippen LogP contribution is 2.22. The Labute approximate surface area is 127 Å². The van der Waals surface area contributed by atoms with E-state index in [1.165, 1.54) is 0 Å². The second-order valence-electron chi connectivity index (χ2n) is 6.29. The summed E-state index contributed by atoms with van der Waals surface area (Å²) >= 11 is 0. The topological polar surface area (TPSA) is 48.5 Å². The first-order valence-electron chi connectivity index (χ1n) is 7.65. The molecule has 0 aliphatic carbocycles. The van der Waals surface area contributed by atoms with Gasteiger partial charge >= 0.3 is 0 Å². The number of likely N-dealkylation sites (N-methyl/N-ethyl adjacent to an activating group) is 1. The standard InChI is InChI=1S/C16H26N4O/c1-5-8-17-14-13(7-6-9-18-14)15(21)20-11-10-19(4)16(2,3)12-20/h6-7,9H,5,8,10-12H2,1-4H3,(H,17,18). The molecule has 1 N–H and O–H groups in total. The number of nitrogens with one attached hydrogen (secondary N) is 1. The normalized spacial score (nSPS) is 18.6. The number of anilines is 1. The fraction of sp³-hybridized carbons (Fsp3) is 0.625. The Hall–Kier alpha value is -1.62. The minimum atomic E-state index is 0.00707. The third-order valence-electron chi connectivity index (χ3n) is 4.18. The van der Waals surface area contributed by atoms with Crippen LogP contribution in [0.2, 0.25) is 0 Å². The molecule has 0 spiro atoms. The van der Waals surface area contributed by atoms with Gasteiger partial charge < -0.3 is 10.2 Å². The van der Waals surface area contributed by atoms with Crippen LogP contribution in [0.25, 0.3) is 0 Å². The molecule has 21 heavy (non-hydrogen) atoms. The van der Waals surface area contributed by atoms with Crippen molar-refractivity contribution in [2.75, 3.05) is 38.5 Å². The summed E-state index contributed by atoms with van der Waals surface area (Å²) in [4.78, 5) is 21.4. The molecule has 5 nitrogen and oxygen atoms in total. The van der Waals surface area contributed by atoms with Crippen LogP contribution in [0.1, 0.15) is 37.6 Å². The number of aromatic nitrogens is 1. The summed E-state index contributed by atoms with van der Waals surface area (Å²) in [7, 11) is 2.11. The molecule has 0 atom stereocenters. The van der Waals surface area contributed by atoms with Crippen LogP contribution in [-0.2, 0) is 0 Å². The van der Waals surface area contributed by atoms with Crippen molar-refractivity contribution in [1.29, 1.82) is 0 Å². The van der Waals surface area contributed by atoms with Crippen LogP contribution in [0.15, 0.2) is 18.3 Å². The minimum absolute atomic E-state index is 0.00707. The van der Waals surface area contributed by atoms with E-state index in [1.54, 1.807) is 6.20 Å². The van der Waals surface area contributed by atoms with Crippen LogP contribution in [0.5, 0.6) is 0 Å². The van der Waals surface area contributed by atoms with E-state index in [1.807, 2.05) is 17.0 Å². The molecule has 0 radical (unpaired) electrons. The first kappa shape index (κ1) is 15.8. The maximum absolute atomic E-state index is 12.8. The molecule has 1 saturated heterocycles. The molecule has 1 amide bonds. The van der Waals surface area contributed by atoms with E-state index in [-0.39, 0.29) is 11.4 Å². The molecule has 1 aliphatic heterocycles. The molecular formula is C16H26N4O. The van der Waals surface area contributed by atoms with Crippen LogP contribution in [-0.4, -0.2) is 59.5 Å². The number of amides is 1. The van der Waals surface area contributed by atoms with Crippen molar-refractivity contribution in [3.8, 4) is 0 Å². The number of carbonyl (C=O) groups excluding carboxylic acids is 1. The van der Waals surface area contributed by atoms with Crippen molar-refractivity contribution in [2.24, 2.45) is 0 Å². The Morgan fingerprint density at radius 1 is 1.43 bits per heavy atom. The zero-order valence-electron chi connectivity index (χ0n) is 13.5. The van der Waals surface area contributed by atoms with Crippen molar-refractivity contribution in [2.45, 2.75) is 32.7 Å². The number of hydrogen-bond acceptors (Lipinski definition) is 4. The first-order chi connectivity index (χ1) is 9.95. The van der Waals surface area contributed by atoms with Crippen LogP contribution < -0.4 is 5.32 Å². The fourth-order valence-electron chi connectivity index (χ4n) is 2.55. The molecule has 2 rings (SSSR count). The van der Waals surface area contributed by atoms with Gasteiger partial charge in [0.2, 0.25) is 0 Å². The van der Waals surface area contributed by atoms with E-state index in [2.05, 4.69) is 43.0 Å². The quantitative estimate of drug-likeness (QED) is 0.922. The predicted octanol–water partition coefficient (Wildman–Crippen LogP) is 2.07. The number of pyridine rings is 1. The summed E-state index contributed by atoms with van der Waals surface area (Å²) in [6, 6.07) is 3.68. The summed E-state index contributed by atoms with van der Waals surface area (Å²) < 4.78 is 0. The van der Waals surface area contributed by atoms with Gasteiger partial charge in [0.05, 0.1) is 5.56 Å². The minimum Gasteiger partial charge on any atom is -0.369 e. The molecule has 0 unspecified atom stereocenters. The third-order valence-corrected chi connectivity index (χ3v) is 4.18. The molecule has 5 heteroatoms. The lowest BCUT2D eigenvalue weighted by Gasteiger charge is -2.45. The zero-order valence-corrected chi connectivity index (χ0v) is 13.5. The smallest absolute Gasteiger partial charge is 0.257 e. The lowest BCUT2D eigenvalue weighted by molar-refractivity contribution is 0.0312. The summed E-state index contributed by atoms with van der Waals surface area (Å²) in [6.07, 6.45) is 2.73. The van der Waals surface area contributed by atoms with Crippen LogP contribution >= 0.6 is 0 Å². The monoisotopic (exact) mass is 290 g/mol.